The topological polar surface area (TPSA) is 75.1 Å². The minimum Gasteiger partial charge on any atom is -0.481 e. The molecule has 2 N–H and O–H groups in total. The van der Waals surface area contributed by atoms with E-state index in [1.54, 1.807) is 6.20 Å². The number of aliphatic carboxylic acids is 1. The van der Waals surface area contributed by atoms with E-state index in [4.69, 9.17) is 5.11 Å². The molecular formula is C10H13N3O2. The Labute approximate surface area is 87.6 Å². The summed E-state index contributed by atoms with van der Waals surface area (Å²) in [4.78, 5) is 18.8. The number of aromatic nitrogens is 2. The van der Waals surface area contributed by atoms with Crippen LogP contribution >= 0.6 is 0 Å². The molecule has 1 aromatic rings. The lowest BCUT2D eigenvalue weighted by atomic mass is 9.91. The van der Waals surface area contributed by atoms with Gasteiger partial charge in [-0.15, -0.1) is 0 Å². The lowest BCUT2D eigenvalue weighted by Crippen LogP contribution is -2.35. The highest BCUT2D eigenvalue weighted by Gasteiger charge is 2.27. The number of rotatable bonds is 2. The summed E-state index contributed by atoms with van der Waals surface area (Å²) < 4.78 is 0. The number of carboxylic acids is 1. The maximum absolute atomic E-state index is 10.9. The average molecular weight is 207 g/mol. The summed E-state index contributed by atoms with van der Waals surface area (Å²) in [5.74, 6) is -0.971. The van der Waals surface area contributed by atoms with Gasteiger partial charge in [0.1, 0.15) is 6.33 Å². The first-order valence-corrected chi connectivity index (χ1v) is 4.99. The summed E-state index contributed by atoms with van der Waals surface area (Å²) in [5, 5.41) is 12.2. The normalized spacial score (nSPS) is 26.1. The van der Waals surface area contributed by atoms with Gasteiger partial charge in [-0.1, -0.05) is 0 Å². The molecule has 0 amide bonds. The zero-order valence-electron chi connectivity index (χ0n) is 8.26. The molecule has 15 heavy (non-hydrogen) atoms. The van der Waals surface area contributed by atoms with Crippen molar-refractivity contribution in [2.24, 2.45) is 5.92 Å². The highest BCUT2D eigenvalue weighted by atomic mass is 16.4. The SMILES string of the molecule is O=C(O)C1CCNC(c2ccncn2)C1. The third-order valence-electron chi connectivity index (χ3n) is 2.71. The quantitative estimate of drug-likeness (QED) is 0.742. The monoisotopic (exact) mass is 207 g/mol. The van der Waals surface area contributed by atoms with Gasteiger partial charge in [0.2, 0.25) is 0 Å². The molecule has 0 aliphatic carbocycles. The summed E-state index contributed by atoms with van der Waals surface area (Å²) in [7, 11) is 0. The number of nitrogens with zero attached hydrogens (tertiary/aromatic N) is 2. The summed E-state index contributed by atoms with van der Waals surface area (Å²) >= 11 is 0. The zero-order valence-corrected chi connectivity index (χ0v) is 8.26. The zero-order chi connectivity index (χ0) is 10.7. The Kier molecular flexibility index (Phi) is 2.91. The molecule has 2 unspecified atom stereocenters. The van der Waals surface area contributed by atoms with Gasteiger partial charge >= 0.3 is 5.97 Å². The van der Waals surface area contributed by atoms with E-state index >= 15 is 0 Å². The van der Waals surface area contributed by atoms with Crippen LogP contribution in [0.3, 0.4) is 0 Å². The van der Waals surface area contributed by atoms with Gasteiger partial charge in [0, 0.05) is 6.20 Å². The molecule has 1 aliphatic heterocycles. The van der Waals surface area contributed by atoms with Gasteiger partial charge in [-0.3, -0.25) is 4.79 Å². The van der Waals surface area contributed by atoms with Crippen molar-refractivity contribution in [2.45, 2.75) is 18.9 Å². The Morgan fingerprint density at radius 1 is 1.60 bits per heavy atom. The summed E-state index contributed by atoms with van der Waals surface area (Å²) in [6, 6.07) is 1.87. The number of carboxylic acid groups (broad SMARTS) is 1. The van der Waals surface area contributed by atoms with Gasteiger partial charge in [0.25, 0.3) is 0 Å². The van der Waals surface area contributed by atoms with Crippen LogP contribution in [0.25, 0.3) is 0 Å². The Hall–Kier alpha value is -1.49. The molecule has 2 rings (SSSR count). The smallest absolute Gasteiger partial charge is 0.306 e. The van der Waals surface area contributed by atoms with Crippen molar-refractivity contribution >= 4 is 5.97 Å². The summed E-state index contributed by atoms with van der Waals surface area (Å²) in [5.41, 5.74) is 0.871. The molecule has 2 heterocycles. The average Bonchev–Trinajstić information content (AvgIpc) is 2.30. The van der Waals surface area contributed by atoms with Crippen molar-refractivity contribution in [1.29, 1.82) is 0 Å². The fourth-order valence-electron chi connectivity index (χ4n) is 1.87. The third kappa shape index (κ3) is 2.30. The molecule has 5 nitrogen and oxygen atoms in total. The summed E-state index contributed by atoms with van der Waals surface area (Å²) in [6.07, 6.45) is 4.46. The van der Waals surface area contributed by atoms with E-state index in [-0.39, 0.29) is 12.0 Å². The molecule has 5 heteroatoms. The van der Waals surface area contributed by atoms with Crippen LogP contribution in [0.2, 0.25) is 0 Å². The lowest BCUT2D eigenvalue weighted by Gasteiger charge is -2.27. The van der Waals surface area contributed by atoms with Crippen molar-refractivity contribution < 1.29 is 9.90 Å². The van der Waals surface area contributed by atoms with E-state index in [1.807, 2.05) is 6.07 Å². The van der Waals surface area contributed by atoms with Crippen molar-refractivity contribution in [2.75, 3.05) is 6.54 Å². The highest BCUT2D eigenvalue weighted by Crippen LogP contribution is 2.25. The van der Waals surface area contributed by atoms with Crippen LogP contribution in [0.4, 0.5) is 0 Å². The number of hydrogen-bond donors (Lipinski definition) is 2. The molecule has 1 aliphatic rings. The second kappa shape index (κ2) is 4.35. The fourth-order valence-corrected chi connectivity index (χ4v) is 1.87. The number of nitrogens with one attached hydrogen (secondary N) is 1. The first-order valence-electron chi connectivity index (χ1n) is 4.99. The first kappa shape index (κ1) is 10.0. The van der Waals surface area contributed by atoms with E-state index in [9.17, 15) is 4.79 Å². The van der Waals surface area contributed by atoms with Crippen molar-refractivity contribution in [3.63, 3.8) is 0 Å². The van der Waals surface area contributed by atoms with Gasteiger partial charge in [-0.2, -0.15) is 0 Å². The van der Waals surface area contributed by atoms with Gasteiger partial charge in [-0.25, -0.2) is 9.97 Å². The maximum Gasteiger partial charge on any atom is 0.306 e. The molecule has 0 aromatic carbocycles. The second-order valence-electron chi connectivity index (χ2n) is 3.70. The fraction of sp³-hybridized carbons (Fsp3) is 0.500. The van der Waals surface area contributed by atoms with E-state index in [0.29, 0.717) is 12.8 Å². The van der Waals surface area contributed by atoms with Crippen LogP contribution in [0.5, 0.6) is 0 Å². The largest absolute Gasteiger partial charge is 0.481 e. The van der Waals surface area contributed by atoms with Gasteiger partial charge in [-0.05, 0) is 25.5 Å². The Bertz CT molecular complexity index is 342. The molecule has 1 saturated heterocycles. The van der Waals surface area contributed by atoms with E-state index in [0.717, 1.165) is 12.2 Å². The maximum atomic E-state index is 10.9. The molecule has 0 radical (unpaired) electrons. The molecular weight excluding hydrogens is 194 g/mol. The van der Waals surface area contributed by atoms with E-state index < -0.39 is 5.97 Å². The Morgan fingerprint density at radius 3 is 3.13 bits per heavy atom. The van der Waals surface area contributed by atoms with Gasteiger partial charge in [0.05, 0.1) is 17.7 Å². The van der Waals surface area contributed by atoms with Gasteiger partial charge < -0.3 is 10.4 Å². The minimum absolute atomic E-state index is 0.0443. The summed E-state index contributed by atoms with van der Waals surface area (Å²) in [6.45, 7) is 0.728. The molecule has 0 spiro atoms. The predicted octanol–water partition coefficient (Wildman–Crippen LogP) is 0.602. The lowest BCUT2D eigenvalue weighted by molar-refractivity contribution is -0.143. The Morgan fingerprint density at radius 2 is 2.47 bits per heavy atom. The number of piperidine rings is 1. The molecule has 1 aromatic heterocycles. The third-order valence-corrected chi connectivity index (χ3v) is 2.71. The first-order chi connectivity index (χ1) is 7.27. The van der Waals surface area contributed by atoms with Crippen LogP contribution in [0.15, 0.2) is 18.6 Å². The van der Waals surface area contributed by atoms with Crippen molar-refractivity contribution in [1.82, 2.24) is 15.3 Å². The van der Waals surface area contributed by atoms with E-state index in [2.05, 4.69) is 15.3 Å². The predicted molar refractivity (Wildman–Crippen MR) is 53.1 cm³/mol. The molecule has 0 bridgehead atoms. The second-order valence-corrected chi connectivity index (χ2v) is 3.70. The highest BCUT2D eigenvalue weighted by molar-refractivity contribution is 5.70. The van der Waals surface area contributed by atoms with E-state index in [1.165, 1.54) is 6.33 Å². The van der Waals surface area contributed by atoms with Crippen LogP contribution in [-0.2, 0) is 4.79 Å². The standard InChI is InChI=1S/C10H13N3O2/c14-10(15)7-1-4-12-9(5-7)8-2-3-11-6-13-8/h2-3,6-7,9,12H,1,4-5H2,(H,14,15). The van der Waals surface area contributed by atoms with Crippen molar-refractivity contribution in [3.05, 3.63) is 24.3 Å². The minimum atomic E-state index is -0.712. The van der Waals surface area contributed by atoms with Crippen LogP contribution < -0.4 is 5.32 Å². The van der Waals surface area contributed by atoms with Crippen LogP contribution in [-0.4, -0.2) is 27.6 Å². The molecule has 0 saturated carbocycles. The molecule has 80 valence electrons. The van der Waals surface area contributed by atoms with Gasteiger partial charge in [0.15, 0.2) is 0 Å². The van der Waals surface area contributed by atoms with Crippen LogP contribution in [0, 0.1) is 5.92 Å². The molecule has 1 fully saturated rings. The van der Waals surface area contributed by atoms with Crippen molar-refractivity contribution in [3.8, 4) is 0 Å². The number of carbonyl (C=O) groups is 1. The Balaban J connectivity index is 2.08. The van der Waals surface area contributed by atoms with Crippen LogP contribution in [0.1, 0.15) is 24.6 Å². The number of hydrogen-bond acceptors (Lipinski definition) is 4. The molecule has 2 atom stereocenters.